The van der Waals surface area contributed by atoms with E-state index >= 15 is 0 Å². The van der Waals surface area contributed by atoms with Crippen LogP contribution in [0.1, 0.15) is 68.1 Å². The summed E-state index contributed by atoms with van der Waals surface area (Å²) in [6.07, 6.45) is 5.45. The van der Waals surface area contributed by atoms with Gasteiger partial charge in [-0.25, -0.2) is 0 Å². The SMILES string of the molecule is CCC(CC)c1cc(C(=O)NC2C3CCC(C3)C2CO)on1. The highest BCUT2D eigenvalue weighted by Gasteiger charge is 2.47. The maximum absolute atomic E-state index is 12.4. The Morgan fingerprint density at radius 3 is 2.82 bits per heavy atom. The number of aliphatic hydroxyl groups excluding tert-OH is 1. The molecule has 1 heterocycles. The fourth-order valence-corrected chi connectivity index (χ4v) is 4.42. The molecule has 0 spiro atoms. The van der Waals surface area contributed by atoms with Crippen molar-refractivity contribution in [1.82, 2.24) is 10.5 Å². The van der Waals surface area contributed by atoms with Crippen molar-refractivity contribution in [3.63, 3.8) is 0 Å². The van der Waals surface area contributed by atoms with Crippen molar-refractivity contribution in [3.8, 4) is 0 Å². The van der Waals surface area contributed by atoms with Crippen molar-refractivity contribution in [2.24, 2.45) is 17.8 Å². The minimum absolute atomic E-state index is 0.0814. The Balaban J connectivity index is 1.67. The number of hydrogen-bond acceptors (Lipinski definition) is 4. The third kappa shape index (κ3) is 2.67. The fourth-order valence-electron chi connectivity index (χ4n) is 4.42. The number of carbonyl (C=O) groups excluding carboxylic acids is 1. The van der Waals surface area contributed by atoms with Gasteiger partial charge in [0, 0.05) is 30.6 Å². The van der Waals surface area contributed by atoms with Crippen LogP contribution >= 0.6 is 0 Å². The Morgan fingerprint density at radius 2 is 2.14 bits per heavy atom. The van der Waals surface area contributed by atoms with Crippen LogP contribution in [0.4, 0.5) is 0 Å². The van der Waals surface area contributed by atoms with E-state index in [2.05, 4.69) is 24.3 Å². The standard InChI is InChI=1S/C17H26N2O3/c1-3-10(4-2)14-8-15(22-19-14)17(21)18-16-12-6-5-11(7-12)13(16)9-20/h8,10-13,16,20H,3-7,9H2,1-2H3,(H,18,21). The number of nitrogens with zero attached hydrogens (tertiary/aromatic N) is 1. The smallest absolute Gasteiger partial charge is 0.290 e. The first kappa shape index (κ1) is 15.5. The van der Waals surface area contributed by atoms with Gasteiger partial charge in [0.1, 0.15) is 0 Å². The Morgan fingerprint density at radius 1 is 1.41 bits per heavy atom. The molecule has 2 aliphatic carbocycles. The third-order valence-corrected chi connectivity index (χ3v) is 5.75. The molecular formula is C17H26N2O3. The zero-order chi connectivity index (χ0) is 15.7. The number of fused-ring (bicyclic) bond motifs is 2. The van der Waals surface area contributed by atoms with Crippen LogP contribution < -0.4 is 5.32 Å². The van der Waals surface area contributed by atoms with Gasteiger partial charge in [0.2, 0.25) is 5.76 Å². The van der Waals surface area contributed by atoms with Gasteiger partial charge >= 0.3 is 0 Å². The van der Waals surface area contributed by atoms with Gasteiger partial charge in [0.25, 0.3) is 5.91 Å². The van der Waals surface area contributed by atoms with Crippen LogP contribution in [0.5, 0.6) is 0 Å². The van der Waals surface area contributed by atoms with Crippen molar-refractivity contribution in [2.45, 2.75) is 57.9 Å². The molecule has 0 radical (unpaired) electrons. The minimum Gasteiger partial charge on any atom is -0.396 e. The van der Waals surface area contributed by atoms with Crippen LogP contribution in [0.15, 0.2) is 10.6 Å². The van der Waals surface area contributed by atoms with Gasteiger partial charge in [0.05, 0.1) is 5.69 Å². The average Bonchev–Trinajstić information content (AvgIpc) is 3.24. The molecule has 1 amide bonds. The number of rotatable bonds is 6. The van der Waals surface area contributed by atoms with E-state index in [4.69, 9.17) is 4.52 Å². The molecule has 122 valence electrons. The maximum Gasteiger partial charge on any atom is 0.290 e. The lowest BCUT2D eigenvalue weighted by Gasteiger charge is -2.30. The molecule has 2 aliphatic rings. The molecule has 0 aromatic carbocycles. The topological polar surface area (TPSA) is 75.4 Å². The molecule has 4 atom stereocenters. The van der Waals surface area contributed by atoms with Crippen molar-refractivity contribution >= 4 is 5.91 Å². The van der Waals surface area contributed by atoms with Gasteiger partial charge in [-0.3, -0.25) is 4.79 Å². The maximum atomic E-state index is 12.4. The summed E-state index contributed by atoms with van der Waals surface area (Å²) in [4.78, 5) is 12.4. The van der Waals surface area contributed by atoms with Crippen LogP contribution in [-0.4, -0.2) is 28.8 Å². The van der Waals surface area contributed by atoms with E-state index in [0.29, 0.717) is 23.5 Å². The molecule has 0 saturated heterocycles. The lowest BCUT2D eigenvalue weighted by atomic mass is 9.85. The van der Waals surface area contributed by atoms with E-state index in [1.807, 2.05) is 0 Å². The highest BCUT2D eigenvalue weighted by atomic mass is 16.5. The van der Waals surface area contributed by atoms with Crippen LogP contribution in [-0.2, 0) is 0 Å². The van der Waals surface area contributed by atoms with Gasteiger partial charge in [-0.15, -0.1) is 0 Å². The number of aliphatic hydroxyl groups is 1. The van der Waals surface area contributed by atoms with E-state index in [1.165, 1.54) is 6.42 Å². The molecule has 3 rings (SSSR count). The molecule has 22 heavy (non-hydrogen) atoms. The fraction of sp³-hybridized carbons (Fsp3) is 0.765. The van der Waals surface area contributed by atoms with Crippen LogP contribution in [0.3, 0.4) is 0 Å². The lowest BCUT2D eigenvalue weighted by Crippen LogP contribution is -2.45. The Hall–Kier alpha value is -1.36. The minimum atomic E-state index is -0.194. The first-order valence-corrected chi connectivity index (χ1v) is 8.56. The van der Waals surface area contributed by atoms with Crippen molar-refractivity contribution in [3.05, 3.63) is 17.5 Å². The second kappa shape index (κ2) is 6.41. The third-order valence-electron chi connectivity index (χ3n) is 5.75. The number of hydrogen-bond donors (Lipinski definition) is 2. The number of nitrogens with one attached hydrogen (secondary N) is 1. The summed E-state index contributed by atoms with van der Waals surface area (Å²) in [5, 5.41) is 16.7. The van der Waals surface area contributed by atoms with Crippen LogP contribution in [0.25, 0.3) is 0 Å². The predicted octanol–water partition coefficient (Wildman–Crippen LogP) is 2.72. The average molecular weight is 306 g/mol. The van der Waals surface area contributed by atoms with E-state index in [9.17, 15) is 9.90 Å². The molecular weight excluding hydrogens is 280 g/mol. The molecule has 1 aromatic rings. The molecule has 5 nitrogen and oxygen atoms in total. The Labute approximate surface area is 131 Å². The zero-order valence-corrected chi connectivity index (χ0v) is 13.4. The van der Waals surface area contributed by atoms with Crippen molar-refractivity contribution in [2.75, 3.05) is 6.61 Å². The van der Waals surface area contributed by atoms with Gasteiger partial charge in [0.15, 0.2) is 0 Å². The van der Waals surface area contributed by atoms with Crippen molar-refractivity contribution in [1.29, 1.82) is 0 Å². The molecule has 2 bridgehead atoms. The molecule has 2 saturated carbocycles. The monoisotopic (exact) mass is 306 g/mol. The van der Waals surface area contributed by atoms with E-state index in [-0.39, 0.29) is 24.5 Å². The van der Waals surface area contributed by atoms with E-state index in [0.717, 1.165) is 31.4 Å². The Bertz CT molecular complexity index is 524. The first-order valence-electron chi connectivity index (χ1n) is 8.56. The largest absolute Gasteiger partial charge is 0.396 e. The second-order valence-corrected chi connectivity index (χ2v) is 6.81. The summed E-state index contributed by atoms with van der Waals surface area (Å²) >= 11 is 0. The first-order chi connectivity index (χ1) is 10.7. The molecule has 2 fully saturated rings. The highest BCUT2D eigenvalue weighted by Crippen LogP contribution is 2.48. The quantitative estimate of drug-likeness (QED) is 0.847. The van der Waals surface area contributed by atoms with E-state index in [1.54, 1.807) is 6.07 Å². The van der Waals surface area contributed by atoms with Crippen LogP contribution in [0, 0.1) is 17.8 Å². The molecule has 4 unspecified atom stereocenters. The normalized spacial score (nSPS) is 30.2. The summed E-state index contributed by atoms with van der Waals surface area (Å²) in [6, 6.07) is 1.85. The molecule has 2 N–H and O–H groups in total. The van der Waals surface area contributed by atoms with Crippen LogP contribution in [0.2, 0.25) is 0 Å². The summed E-state index contributed by atoms with van der Waals surface area (Å²) in [6.45, 7) is 4.38. The molecule has 5 heteroatoms. The Kier molecular flexibility index (Phi) is 4.52. The van der Waals surface area contributed by atoms with Gasteiger partial charge in [-0.2, -0.15) is 0 Å². The summed E-state index contributed by atoms with van der Waals surface area (Å²) in [5.74, 6) is 1.71. The summed E-state index contributed by atoms with van der Waals surface area (Å²) < 4.78 is 5.25. The van der Waals surface area contributed by atoms with Gasteiger partial charge < -0.3 is 14.9 Å². The van der Waals surface area contributed by atoms with Gasteiger partial charge in [-0.1, -0.05) is 19.0 Å². The summed E-state index contributed by atoms with van der Waals surface area (Å²) in [7, 11) is 0. The predicted molar refractivity (Wildman–Crippen MR) is 82.5 cm³/mol. The van der Waals surface area contributed by atoms with Gasteiger partial charge in [-0.05, 0) is 43.9 Å². The summed E-state index contributed by atoms with van der Waals surface area (Å²) in [5.41, 5.74) is 0.863. The highest BCUT2D eigenvalue weighted by molar-refractivity contribution is 5.91. The number of carbonyl (C=O) groups is 1. The second-order valence-electron chi connectivity index (χ2n) is 6.81. The van der Waals surface area contributed by atoms with Crippen molar-refractivity contribution < 1.29 is 14.4 Å². The molecule has 1 aromatic heterocycles. The number of aromatic nitrogens is 1. The zero-order valence-electron chi connectivity index (χ0n) is 13.4. The lowest BCUT2D eigenvalue weighted by molar-refractivity contribution is 0.0825. The van der Waals surface area contributed by atoms with E-state index < -0.39 is 0 Å². The number of amides is 1. The molecule has 0 aliphatic heterocycles.